The van der Waals surface area contributed by atoms with E-state index in [0.29, 0.717) is 29.1 Å². The number of anilines is 1. The van der Waals surface area contributed by atoms with Crippen molar-refractivity contribution in [3.8, 4) is 5.88 Å². The van der Waals surface area contributed by atoms with E-state index in [2.05, 4.69) is 15.3 Å². The number of rotatable bonds is 5. The average Bonchev–Trinajstić information content (AvgIpc) is 2.92. The van der Waals surface area contributed by atoms with Crippen LogP contribution >= 0.6 is 11.3 Å². The van der Waals surface area contributed by atoms with Gasteiger partial charge in [-0.1, -0.05) is 0 Å². The Morgan fingerprint density at radius 3 is 2.79 bits per heavy atom. The van der Waals surface area contributed by atoms with Crippen LogP contribution < -0.4 is 10.1 Å². The SMILES string of the molecule is Cc1nc(NC(=O)c2ccc(OCC3CCOCC3)nc2)sc1C. The second-order valence-electron chi connectivity index (χ2n) is 5.87. The zero-order chi connectivity index (χ0) is 16.9. The van der Waals surface area contributed by atoms with Gasteiger partial charge in [-0.05, 0) is 38.7 Å². The fraction of sp³-hybridized carbons (Fsp3) is 0.471. The van der Waals surface area contributed by atoms with E-state index in [4.69, 9.17) is 9.47 Å². The summed E-state index contributed by atoms with van der Waals surface area (Å²) in [6.45, 7) is 6.15. The molecule has 3 heterocycles. The molecule has 1 aliphatic heterocycles. The average molecular weight is 347 g/mol. The van der Waals surface area contributed by atoms with Crippen molar-refractivity contribution in [1.29, 1.82) is 0 Å². The van der Waals surface area contributed by atoms with E-state index < -0.39 is 0 Å². The number of nitrogens with one attached hydrogen (secondary N) is 1. The van der Waals surface area contributed by atoms with Gasteiger partial charge in [-0.25, -0.2) is 9.97 Å². The van der Waals surface area contributed by atoms with Crippen LogP contribution in [0.15, 0.2) is 18.3 Å². The fourth-order valence-corrected chi connectivity index (χ4v) is 3.22. The van der Waals surface area contributed by atoms with Gasteiger partial charge in [0.25, 0.3) is 5.91 Å². The van der Waals surface area contributed by atoms with E-state index in [1.165, 1.54) is 17.5 Å². The Labute approximate surface area is 145 Å². The van der Waals surface area contributed by atoms with Gasteiger partial charge in [-0.3, -0.25) is 10.1 Å². The number of hydrogen-bond donors (Lipinski definition) is 1. The molecule has 2 aromatic rings. The topological polar surface area (TPSA) is 73.3 Å². The maximum Gasteiger partial charge on any atom is 0.259 e. The summed E-state index contributed by atoms with van der Waals surface area (Å²) in [7, 11) is 0. The summed E-state index contributed by atoms with van der Waals surface area (Å²) in [5, 5.41) is 3.40. The lowest BCUT2D eigenvalue weighted by Crippen LogP contribution is -2.21. The summed E-state index contributed by atoms with van der Waals surface area (Å²) >= 11 is 1.47. The van der Waals surface area contributed by atoms with Crippen LogP contribution in [-0.2, 0) is 4.74 Å². The molecule has 0 saturated carbocycles. The van der Waals surface area contributed by atoms with Gasteiger partial charge >= 0.3 is 0 Å². The quantitative estimate of drug-likeness (QED) is 0.899. The Hall–Kier alpha value is -1.99. The fourth-order valence-electron chi connectivity index (χ4n) is 2.41. The van der Waals surface area contributed by atoms with E-state index in [9.17, 15) is 4.79 Å². The molecule has 0 unspecified atom stereocenters. The summed E-state index contributed by atoms with van der Waals surface area (Å²) in [5.41, 5.74) is 1.42. The second kappa shape index (κ2) is 7.72. The molecule has 1 amide bonds. The minimum absolute atomic E-state index is 0.216. The number of pyridine rings is 1. The Balaban J connectivity index is 1.54. The number of thiazole rings is 1. The lowest BCUT2D eigenvalue weighted by molar-refractivity contribution is 0.0490. The van der Waals surface area contributed by atoms with Crippen LogP contribution in [0.25, 0.3) is 0 Å². The van der Waals surface area contributed by atoms with Crippen molar-refractivity contribution in [1.82, 2.24) is 9.97 Å². The van der Waals surface area contributed by atoms with Crippen molar-refractivity contribution in [2.75, 3.05) is 25.1 Å². The third-order valence-corrected chi connectivity index (χ3v) is 5.04. The van der Waals surface area contributed by atoms with Crippen LogP contribution in [0.2, 0.25) is 0 Å². The highest BCUT2D eigenvalue weighted by atomic mass is 32.1. The third kappa shape index (κ3) is 4.30. The molecule has 0 spiro atoms. The van der Waals surface area contributed by atoms with Gasteiger partial charge in [-0.15, -0.1) is 11.3 Å². The van der Waals surface area contributed by atoms with Crippen molar-refractivity contribution >= 4 is 22.4 Å². The molecule has 7 heteroatoms. The number of hydrogen-bond acceptors (Lipinski definition) is 6. The molecule has 6 nitrogen and oxygen atoms in total. The van der Waals surface area contributed by atoms with E-state index in [1.807, 2.05) is 13.8 Å². The van der Waals surface area contributed by atoms with Gasteiger partial charge in [-0.2, -0.15) is 0 Å². The molecule has 2 aromatic heterocycles. The lowest BCUT2D eigenvalue weighted by Gasteiger charge is -2.21. The highest BCUT2D eigenvalue weighted by Crippen LogP contribution is 2.22. The Bertz CT molecular complexity index is 674. The van der Waals surface area contributed by atoms with Crippen molar-refractivity contribution in [2.24, 2.45) is 5.92 Å². The van der Waals surface area contributed by atoms with Crippen molar-refractivity contribution in [3.05, 3.63) is 34.5 Å². The highest BCUT2D eigenvalue weighted by molar-refractivity contribution is 7.15. The molecule has 3 rings (SSSR count). The minimum atomic E-state index is -0.216. The minimum Gasteiger partial charge on any atom is -0.477 e. The Kier molecular flexibility index (Phi) is 5.42. The summed E-state index contributed by atoms with van der Waals surface area (Å²) < 4.78 is 11.0. The number of aryl methyl sites for hydroxylation is 2. The summed E-state index contributed by atoms with van der Waals surface area (Å²) in [5.74, 6) is 0.839. The van der Waals surface area contributed by atoms with Crippen molar-refractivity contribution < 1.29 is 14.3 Å². The normalized spacial score (nSPS) is 15.2. The zero-order valence-electron chi connectivity index (χ0n) is 13.9. The number of carbonyl (C=O) groups excluding carboxylic acids is 1. The van der Waals surface area contributed by atoms with E-state index in [-0.39, 0.29) is 5.91 Å². The van der Waals surface area contributed by atoms with Crippen LogP contribution in [0.5, 0.6) is 5.88 Å². The molecular weight excluding hydrogens is 326 g/mol. The monoisotopic (exact) mass is 347 g/mol. The third-order valence-electron chi connectivity index (χ3n) is 4.06. The van der Waals surface area contributed by atoms with E-state index >= 15 is 0 Å². The first-order chi connectivity index (χ1) is 11.6. The molecule has 0 aliphatic carbocycles. The van der Waals surface area contributed by atoms with Crippen LogP contribution in [-0.4, -0.2) is 35.7 Å². The first kappa shape index (κ1) is 16.9. The number of carbonyl (C=O) groups is 1. The lowest BCUT2D eigenvalue weighted by atomic mass is 10.0. The molecule has 128 valence electrons. The number of amides is 1. The van der Waals surface area contributed by atoms with Crippen molar-refractivity contribution in [2.45, 2.75) is 26.7 Å². The van der Waals surface area contributed by atoms with Crippen LogP contribution in [0.4, 0.5) is 5.13 Å². The smallest absolute Gasteiger partial charge is 0.259 e. The molecule has 1 saturated heterocycles. The van der Waals surface area contributed by atoms with Crippen LogP contribution in [0.3, 0.4) is 0 Å². The molecule has 0 bridgehead atoms. The first-order valence-corrected chi connectivity index (χ1v) is 8.85. The van der Waals surface area contributed by atoms with E-state index in [0.717, 1.165) is 36.6 Å². The molecule has 0 atom stereocenters. The van der Waals surface area contributed by atoms with Crippen LogP contribution in [0, 0.1) is 19.8 Å². The van der Waals surface area contributed by atoms with Gasteiger partial charge in [0.05, 0.1) is 17.9 Å². The van der Waals surface area contributed by atoms with E-state index in [1.54, 1.807) is 12.1 Å². The first-order valence-electron chi connectivity index (χ1n) is 8.04. The maximum absolute atomic E-state index is 12.2. The highest BCUT2D eigenvalue weighted by Gasteiger charge is 2.15. The molecular formula is C17H21N3O3S. The maximum atomic E-state index is 12.2. The summed E-state index contributed by atoms with van der Waals surface area (Å²) in [6.07, 6.45) is 3.57. The summed E-state index contributed by atoms with van der Waals surface area (Å²) in [4.78, 5) is 21.8. The molecule has 1 fully saturated rings. The Morgan fingerprint density at radius 1 is 1.38 bits per heavy atom. The summed E-state index contributed by atoms with van der Waals surface area (Å²) in [6, 6.07) is 3.45. The van der Waals surface area contributed by atoms with Crippen molar-refractivity contribution in [3.63, 3.8) is 0 Å². The number of ether oxygens (including phenoxy) is 2. The van der Waals surface area contributed by atoms with Crippen LogP contribution in [0.1, 0.15) is 33.8 Å². The standard InChI is InChI=1S/C17H21N3O3S/c1-11-12(2)24-17(19-11)20-16(21)14-3-4-15(18-9-14)23-10-13-5-7-22-8-6-13/h3-4,9,13H,5-8,10H2,1-2H3,(H,19,20,21). The predicted octanol–water partition coefficient (Wildman–Crippen LogP) is 3.21. The molecule has 1 N–H and O–H groups in total. The molecule has 24 heavy (non-hydrogen) atoms. The Morgan fingerprint density at radius 2 is 2.17 bits per heavy atom. The van der Waals surface area contributed by atoms with Gasteiger partial charge in [0.15, 0.2) is 5.13 Å². The number of aromatic nitrogens is 2. The predicted molar refractivity (Wildman–Crippen MR) is 92.8 cm³/mol. The molecule has 1 aliphatic rings. The largest absolute Gasteiger partial charge is 0.477 e. The van der Waals surface area contributed by atoms with Gasteiger partial charge in [0, 0.05) is 30.4 Å². The van der Waals surface area contributed by atoms with Gasteiger partial charge in [0.2, 0.25) is 5.88 Å². The van der Waals surface area contributed by atoms with Gasteiger partial charge in [0.1, 0.15) is 0 Å². The molecule has 0 aromatic carbocycles. The van der Waals surface area contributed by atoms with Gasteiger partial charge < -0.3 is 9.47 Å². The second-order valence-corrected chi connectivity index (χ2v) is 7.07. The zero-order valence-corrected chi connectivity index (χ0v) is 14.7. The number of nitrogens with zero attached hydrogens (tertiary/aromatic N) is 2. The molecule has 0 radical (unpaired) electrons.